The Morgan fingerprint density at radius 2 is 1.59 bits per heavy atom. The standard InChI is InChI=1S/C51H58FN7O11/c1-4-41(62)54-21-19-43(64)55-25-30(60)13-17-45(66)57-37(22-29-10-7-6-8-11-29)40(61)16-18-42(63)53-20-9-12-44(65)56-36-15-14-31-28(3)35(52)24-38-46(31)47(36)32-26-59-39(48(32)58-38)23-34-33(49(59)67)27-70-50(68)51(34,69)5-2/h6-8,10-11,23-24,36-37,69H,4-5,9,12-22,25-27H2,1-3H3,(H,53,63)(H,54,62)(H,55,64)(H,56,65)(H,57,66)/t36-,37?,51-/m0/s1. The summed E-state index contributed by atoms with van der Waals surface area (Å²) in [5.41, 5.74) is 2.35. The Balaban J connectivity index is 0.926. The van der Waals surface area contributed by atoms with Gasteiger partial charge in [0.05, 0.1) is 47.6 Å². The van der Waals surface area contributed by atoms with E-state index in [4.69, 9.17) is 9.72 Å². The molecular weight excluding hydrogens is 906 g/mol. The molecule has 6 N–H and O–H groups in total. The average Bonchev–Trinajstić information content (AvgIpc) is 3.72. The van der Waals surface area contributed by atoms with Crippen molar-refractivity contribution in [2.45, 2.75) is 129 Å². The molecule has 18 nitrogen and oxygen atoms in total. The lowest BCUT2D eigenvalue weighted by molar-refractivity contribution is -0.172. The molecule has 7 rings (SSSR count). The van der Waals surface area contributed by atoms with Crippen molar-refractivity contribution in [3.63, 3.8) is 0 Å². The number of nitrogens with zero attached hydrogens (tertiary/aromatic N) is 2. The fourth-order valence-corrected chi connectivity index (χ4v) is 9.37. The van der Waals surface area contributed by atoms with E-state index in [-0.39, 0.29) is 132 Å². The quantitative estimate of drug-likeness (QED) is 0.0432. The SMILES string of the molecule is CCC(=O)NCCC(=O)NCC(=O)CCC(=O)NC(Cc1ccccc1)C(=O)CCC(=O)NCCCC(=O)N[C@H]1CCc2c(C)c(F)cc3nc4c(c1c23)Cn1c-4cc2c(c1=O)COC(=O)[C@]2(O)CC. The second-order valence-electron chi connectivity index (χ2n) is 18.0. The molecule has 70 heavy (non-hydrogen) atoms. The summed E-state index contributed by atoms with van der Waals surface area (Å²) in [4.78, 5) is 120. The predicted octanol–water partition coefficient (Wildman–Crippen LogP) is 2.99. The van der Waals surface area contributed by atoms with Crippen molar-refractivity contribution in [3.8, 4) is 11.4 Å². The Morgan fingerprint density at radius 3 is 2.33 bits per heavy atom. The van der Waals surface area contributed by atoms with E-state index >= 15 is 4.39 Å². The van der Waals surface area contributed by atoms with Crippen LogP contribution in [0.2, 0.25) is 0 Å². The lowest BCUT2D eigenvalue weighted by atomic mass is 9.81. The number of amides is 5. The number of rotatable bonds is 22. The maximum atomic E-state index is 15.4. The summed E-state index contributed by atoms with van der Waals surface area (Å²) < 4.78 is 22.1. The van der Waals surface area contributed by atoms with Gasteiger partial charge in [-0.2, -0.15) is 0 Å². The van der Waals surface area contributed by atoms with Crippen molar-refractivity contribution >= 4 is 58.0 Å². The molecule has 4 heterocycles. The van der Waals surface area contributed by atoms with E-state index in [2.05, 4.69) is 26.6 Å². The molecule has 3 aliphatic rings. The van der Waals surface area contributed by atoms with Gasteiger partial charge < -0.3 is 41.0 Å². The zero-order valence-corrected chi connectivity index (χ0v) is 39.5. The number of aliphatic hydroxyl groups is 1. The number of nitrogens with one attached hydrogen (secondary N) is 5. The number of ether oxygens (including phenoxy) is 1. The van der Waals surface area contributed by atoms with Gasteiger partial charge in [-0.3, -0.25) is 38.4 Å². The number of carbonyl (C=O) groups is 8. The molecule has 19 heteroatoms. The van der Waals surface area contributed by atoms with Crippen molar-refractivity contribution in [2.75, 3.05) is 19.6 Å². The second-order valence-corrected chi connectivity index (χ2v) is 18.0. The number of ketones is 2. The first-order valence-electron chi connectivity index (χ1n) is 23.8. The fraction of sp³-hybridized carbons (Fsp3) is 0.451. The molecule has 0 spiro atoms. The van der Waals surface area contributed by atoms with E-state index in [0.717, 1.165) is 16.7 Å². The van der Waals surface area contributed by atoms with Crippen LogP contribution < -0.4 is 32.1 Å². The van der Waals surface area contributed by atoms with Gasteiger partial charge in [0.25, 0.3) is 5.56 Å². The van der Waals surface area contributed by atoms with Gasteiger partial charge in [0.2, 0.25) is 29.5 Å². The molecule has 2 aliphatic heterocycles. The van der Waals surface area contributed by atoms with Gasteiger partial charge >= 0.3 is 5.97 Å². The molecule has 0 saturated carbocycles. The molecule has 0 fully saturated rings. The highest BCUT2D eigenvalue weighted by Gasteiger charge is 2.46. The number of fused-ring (bicyclic) bond motifs is 5. The molecule has 2 aromatic carbocycles. The summed E-state index contributed by atoms with van der Waals surface area (Å²) in [6.07, 6.45) is 0.852. The van der Waals surface area contributed by atoms with Gasteiger partial charge in [0.1, 0.15) is 12.4 Å². The lowest BCUT2D eigenvalue weighted by Gasteiger charge is -2.31. The number of esters is 1. The fourth-order valence-electron chi connectivity index (χ4n) is 9.37. The van der Waals surface area contributed by atoms with Crippen molar-refractivity contribution in [1.82, 2.24) is 36.1 Å². The highest BCUT2D eigenvalue weighted by molar-refractivity contribution is 5.95. The number of Topliss-reactive ketones (excluding diaryl/α,β-unsaturated/α-hetero) is 2. The van der Waals surface area contributed by atoms with Crippen molar-refractivity contribution in [3.05, 3.63) is 97.6 Å². The number of benzene rings is 2. The zero-order valence-electron chi connectivity index (χ0n) is 39.5. The zero-order chi connectivity index (χ0) is 50.3. The Bertz CT molecular complexity index is 2830. The highest BCUT2D eigenvalue weighted by Crippen LogP contribution is 2.46. The highest BCUT2D eigenvalue weighted by atomic mass is 19.1. The number of hydrogen-bond donors (Lipinski definition) is 6. The van der Waals surface area contributed by atoms with E-state index in [1.165, 1.54) is 10.6 Å². The molecule has 370 valence electrons. The topological polar surface area (TPSA) is 261 Å². The number of hydrogen-bond acceptors (Lipinski definition) is 12. The Morgan fingerprint density at radius 1 is 0.857 bits per heavy atom. The van der Waals surface area contributed by atoms with Gasteiger partial charge in [-0.15, -0.1) is 0 Å². The summed E-state index contributed by atoms with van der Waals surface area (Å²) in [6, 6.07) is 10.4. The van der Waals surface area contributed by atoms with Crippen LogP contribution in [0.15, 0.2) is 47.3 Å². The van der Waals surface area contributed by atoms with E-state index < -0.39 is 52.8 Å². The van der Waals surface area contributed by atoms with Crippen molar-refractivity contribution in [1.29, 1.82) is 0 Å². The summed E-state index contributed by atoms with van der Waals surface area (Å²) in [5.74, 6) is -3.95. The van der Waals surface area contributed by atoms with Crippen LogP contribution in [0.1, 0.15) is 123 Å². The Kier molecular flexibility index (Phi) is 16.0. The number of cyclic esters (lactones) is 1. The Hall–Kier alpha value is -7.15. The van der Waals surface area contributed by atoms with Gasteiger partial charge in [-0.25, -0.2) is 14.2 Å². The van der Waals surface area contributed by atoms with Crippen LogP contribution in [-0.4, -0.2) is 87.4 Å². The predicted molar refractivity (Wildman–Crippen MR) is 252 cm³/mol. The number of halogens is 1. The van der Waals surface area contributed by atoms with E-state index in [9.17, 15) is 48.3 Å². The smallest absolute Gasteiger partial charge is 0.343 e. The molecule has 4 aromatic rings. The monoisotopic (exact) mass is 963 g/mol. The number of pyridine rings is 2. The molecular formula is C51H58FN7O11. The van der Waals surface area contributed by atoms with Crippen molar-refractivity contribution < 1.29 is 52.6 Å². The third-order valence-corrected chi connectivity index (χ3v) is 13.3. The van der Waals surface area contributed by atoms with Crippen LogP contribution >= 0.6 is 0 Å². The maximum absolute atomic E-state index is 15.4. The van der Waals surface area contributed by atoms with Crippen LogP contribution in [0.3, 0.4) is 0 Å². The summed E-state index contributed by atoms with van der Waals surface area (Å²) >= 11 is 0. The van der Waals surface area contributed by atoms with Crippen LogP contribution in [0.5, 0.6) is 0 Å². The number of aromatic nitrogens is 2. The summed E-state index contributed by atoms with van der Waals surface area (Å²) in [6.45, 7) is 4.78. The molecule has 1 aliphatic carbocycles. The number of carbonyl (C=O) groups excluding carboxylic acids is 8. The first-order valence-corrected chi connectivity index (χ1v) is 23.8. The number of aryl methyl sites for hydroxylation is 1. The molecule has 0 bridgehead atoms. The molecule has 0 radical (unpaired) electrons. The first kappa shape index (κ1) is 50.7. The van der Waals surface area contributed by atoms with Gasteiger partial charge in [0, 0.05) is 80.6 Å². The van der Waals surface area contributed by atoms with E-state index in [1.807, 2.05) is 6.07 Å². The van der Waals surface area contributed by atoms with Gasteiger partial charge in [-0.1, -0.05) is 44.2 Å². The van der Waals surface area contributed by atoms with Crippen molar-refractivity contribution in [2.24, 2.45) is 0 Å². The minimum absolute atomic E-state index is 0.000481. The molecule has 2 aromatic heterocycles. The van der Waals surface area contributed by atoms with Gasteiger partial charge in [-0.05, 0) is 67.3 Å². The Labute approximate surface area is 402 Å². The van der Waals surface area contributed by atoms with Crippen LogP contribution in [-0.2, 0) is 74.7 Å². The minimum Gasteiger partial charge on any atom is -0.458 e. The average molecular weight is 964 g/mol. The second kappa shape index (κ2) is 22.1. The molecule has 5 amide bonds. The lowest BCUT2D eigenvalue weighted by Crippen LogP contribution is -2.44. The van der Waals surface area contributed by atoms with E-state index in [0.29, 0.717) is 46.3 Å². The summed E-state index contributed by atoms with van der Waals surface area (Å²) in [5, 5.41) is 25.7. The third-order valence-electron chi connectivity index (χ3n) is 13.3. The molecule has 3 atom stereocenters. The van der Waals surface area contributed by atoms with Crippen LogP contribution in [0.25, 0.3) is 22.3 Å². The third kappa shape index (κ3) is 11.1. The minimum atomic E-state index is -2.03. The molecule has 0 saturated heterocycles. The largest absolute Gasteiger partial charge is 0.458 e. The summed E-state index contributed by atoms with van der Waals surface area (Å²) in [7, 11) is 0. The first-order chi connectivity index (χ1) is 33.5. The maximum Gasteiger partial charge on any atom is 0.343 e. The van der Waals surface area contributed by atoms with Gasteiger partial charge in [0.15, 0.2) is 17.2 Å². The molecule has 1 unspecified atom stereocenters. The van der Waals surface area contributed by atoms with E-state index in [1.54, 1.807) is 51.1 Å². The van der Waals surface area contributed by atoms with Crippen LogP contribution in [0, 0.1) is 12.7 Å². The normalized spacial score (nSPS) is 16.8. The van der Waals surface area contributed by atoms with Crippen LogP contribution in [0.4, 0.5) is 4.39 Å².